The zero-order chi connectivity index (χ0) is 28.7. The van der Waals surface area contributed by atoms with Crippen molar-refractivity contribution in [1.29, 1.82) is 0 Å². The van der Waals surface area contributed by atoms with E-state index in [0.717, 1.165) is 36.8 Å². The zero-order valence-electron chi connectivity index (χ0n) is 22.3. The fourth-order valence-electron chi connectivity index (χ4n) is 4.12. The molecule has 1 aliphatic rings. The van der Waals surface area contributed by atoms with Crippen molar-refractivity contribution in [3.63, 3.8) is 0 Å². The van der Waals surface area contributed by atoms with Crippen LogP contribution in [0.15, 0.2) is 48.5 Å². The van der Waals surface area contributed by atoms with Gasteiger partial charge < -0.3 is 9.47 Å². The lowest BCUT2D eigenvalue weighted by Crippen LogP contribution is -2.30. The van der Waals surface area contributed by atoms with Crippen LogP contribution in [0.3, 0.4) is 0 Å². The lowest BCUT2D eigenvalue weighted by molar-refractivity contribution is -0.453. The molecule has 2 aromatic carbocycles. The highest BCUT2D eigenvalue weighted by Crippen LogP contribution is 2.30. The van der Waals surface area contributed by atoms with E-state index in [1.807, 2.05) is 13.8 Å². The molecule has 0 amide bonds. The summed E-state index contributed by atoms with van der Waals surface area (Å²) in [7, 11) is 0. The topological polar surface area (TPSA) is 142 Å². The molecular formula is C28H32O12. The quantitative estimate of drug-likeness (QED) is 0.180. The Hall–Kier alpha value is -4.16. The molecule has 1 fully saturated rings. The number of carbonyl (C=O) groups is 4. The fourth-order valence-corrected chi connectivity index (χ4v) is 4.12. The summed E-state index contributed by atoms with van der Waals surface area (Å²) in [6, 6.07) is 13.3. The Morgan fingerprint density at radius 3 is 1.32 bits per heavy atom. The predicted octanol–water partition coefficient (Wildman–Crippen LogP) is 5.63. The number of hydrogen-bond donors (Lipinski definition) is 0. The van der Waals surface area contributed by atoms with E-state index in [1.165, 1.54) is 0 Å². The van der Waals surface area contributed by atoms with Crippen LogP contribution in [0.2, 0.25) is 0 Å². The Kier molecular flexibility index (Phi) is 12.2. The second-order valence-corrected chi connectivity index (χ2v) is 9.07. The molecule has 2 unspecified atom stereocenters. The van der Waals surface area contributed by atoms with Crippen molar-refractivity contribution in [1.82, 2.24) is 0 Å². The first-order valence-corrected chi connectivity index (χ1v) is 13.0. The molecule has 0 heterocycles. The average Bonchev–Trinajstić information content (AvgIpc) is 2.99. The highest BCUT2D eigenvalue weighted by Gasteiger charge is 2.28. The first kappa shape index (κ1) is 30.4. The van der Waals surface area contributed by atoms with E-state index in [9.17, 15) is 19.2 Å². The third-order valence-electron chi connectivity index (χ3n) is 6.52. The SMILES string of the molecule is CCc1ccc(C(=O)OOOC(=O)OCC2CCCCC2COC(=O)OOOC(=O)c2ccc(CC)cc2)cc1. The van der Waals surface area contributed by atoms with E-state index in [4.69, 9.17) is 9.47 Å². The zero-order valence-corrected chi connectivity index (χ0v) is 22.3. The van der Waals surface area contributed by atoms with Crippen LogP contribution >= 0.6 is 0 Å². The van der Waals surface area contributed by atoms with Crippen molar-refractivity contribution >= 4 is 24.2 Å². The number of rotatable bonds is 12. The van der Waals surface area contributed by atoms with Crippen LogP contribution in [0.4, 0.5) is 9.59 Å². The van der Waals surface area contributed by atoms with Crippen molar-refractivity contribution in [3.8, 4) is 0 Å². The molecule has 40 heavy (non-hydrogen) atoms. The fraction of sp³-hybridized carbons (Fsp3) is 0.429. The van der Waals surface area contributed by atoms with Gasteiger partial charge in [-0.05, 0) is 72.9 Å². The minimum absolute atomic E-state index is 0.0391. The molecule has 2 aromatic rings. The molecule has 3 rings (SSSR count). The summed E-state index contributed by atoms with van der Waals surface area (Å²) in [4.78, 5) is 65.1. The molecule has 216 valence electrons. The van der Waals surface area contributed by atoms with Gasteiger partial charge in [0.2, 0.25) is 0 Å². The van der Waals surface area contributed by atoms with Crippen molar-refractivity contribution in [2.45, 2.75) is 52.4 Å². The number of ether oxygens (including phenoxy) is 2. The van der Waals surface area contributed by atoms with Crippen LogP contribution in [0, 0.1) is 11.8 Å². The second-order valence-electron chi connectivity index (χ2n) is 9.07. The van der Waals surface area contributed by atoms with Crippen LogP contribution in [0.25, 0.3) is 0 Å². The van der Waals surface area contributed by atoms with Gasteiger partial charge in [-0.2, -0.15) is 0 Å². The van der Waals surface area contributed by atoms with Crippen molar-refractivity contribution in [2.75, 3.05) is 13.2 Å². The molecule has 12 nitrogen and oxygen atoms in total. The van der Waals surface area contributed by atoms with Gasteiger partial charge in [-0.25, -0.2) is 29.0 Å². The van der Waals surface area contributed by atoms with Gasteiger partial charge in [-0.3, -0.25) is 9.78 Å². The first-order valence-electron chi connectivity index (χ1n) is 13.0. The maximum absolute atomic E-state index is 11.9. The molecule has 0 aliphatic heterocycles. The lowest BCUT2D eigenvalue weighted by Gasteiger charge is -2.30. The summed E-state index contributed by atoms with van der Waals surface area (Å²) in [6.45, 7) is 3.89. The van der Waals surface area contributed by atoms with Gasteiger partial charge in [0.05, 0.1) is 34.4 Å². The predicted molar refractivity (Wildman–Crippen MR) is 135 cm³/mol. The van der Waals surface area contributed by atoms with E-state index < -0.39 is 24.2 Å². The Morgan fingerprint density at radius 2 is 0.975 bits per heavy atom. The minimum Gasteiger partial charge on any atom is -0.432 e. The number of benzene rings is 2. The Labute approximate surface area is 231 Å². The van der Waals surface area contributed by atoms with Crippen molar-refractivity contribution in [3.05, 3.63) is 70.8 Å². The maximum Gasteiger partial charge on any atom is 0.543 e. The monoisotopic (exact) mass is 560 g/mol. The van der Waals surface area contributed by atoms with E-state index in [-0.39, 0.29) is 36.2 Å². The largest absolute Gasteiger partial charge is 0.543 e. The highest BCUT2D eigenvalue weighted by molar-refractivity contribution is 5.89. The average molecular weight is 561 g/mol. The Morgan fingerprint density at radius 1 is 0.600 bits per heavy atom. The number of carbonyl (C=O) groups excluding carboxylic acids is 4. The normalized spacial score (nSPS) is 16.4. The summed E-state index contributed by atoms with van der Waals surface area (Å²) in [5.41, 5.74) is 2.54. The molecule has 1 aliphatic carbocycles. The van der Waals surface area contributed by atoms with Gasteiger partial charge in [0.15, 0.2) is 0 Å². The lowest BCUT2D eigenvalue weighted by atomic mass is 9.80. The third-order valence-corrected chi connectivity index (χ3v) is 6.52. The molecule has 0 bridgehead atoms. The molecule has 0 N–H and O–H groups in total. The van der Waals surface area contributed by atoms with E-state index in [0.29, 0.717) is 12.8 Å². The Bertz CT molecular complexity index is 1020. The summed E-state index contributed by atoms with van der Waals surface area (Å²) >= 11 is 0. The molecule has 2 atom stereocenters. The molecule has 0 saturated heterocycles. The molecule has 0 radical (unpaired) electrons. The molecule has 12 heteroatoms. The summed E-state index contributed by atoms with van der Waals surface area (Å²) in [6.07, 6.45) is 2.46. The summed E-state index contributed by atoms with van der Waals surface area (Å²) < 4.78 is 10.1. The Balaban J connectivity index is 1.31. The molecule has 1 saturated carbocycles. The van der Waals surface area contributed by atoms with E-state index in [2.05, 4.69) is 29.6 Å². The first-order chi connectivity index (χ1) is 19.4. The van der Waals surface area contributed by atoms with Gasteiger partial charge in [-0.1, -0.05) is 51.0 Å². The van der Waals surface area contributed by atoms with Gasteiger partial charge in [0.25, 0.3) is 0 Å². The van der Waals surface area contributed by atoms with Gasteiger partial charge >= 0.3 is 24.2 Å². The smallest absolute Gasteiger partial charge is 0.432 e. The molecule has 0 spiro atoms. The van der Waals surface area contributed by atoms with E-state index in [1.54, 1.807) is 48.5 Å². The molecule has 0 aromatic heterocycles. The standard InChI is InChI=1S/C28H32O12/c1-3-19-9-13-21(14-10-19)25(29)35-39-37-27(31)33-17-23-7-5-6-8-24(23)18-34-28(32)38-40-36-26(30)22-15-11-20(4-2)12-16-22/h9-16,23-24H,3-8,17-18H2,1-2H3. The van der Waals surface area contributed by atoms with Crippen LogP contribution < -0.4 is 0 Å². The van der Waals surface area contributed by atoms with Crippen molar-refractivity contribution < 1.29 is 58.3 Å². The number of aryl methyl sites for hydroxylation is 2. The molecular weight excluding hydrogens is 528 g/mol. The van der Waals surface area contributed by atoms with E-state index >= 15 is 0 Å². The minimum atomic E-state index is -1.20. The highest BCUT2D eigenvalue weighted by atomic mass is 17.5. The third kappa shape index (κ3) is 9.86. The van der Waals surface area contributed by atoms with Crippen LogP contribution in [0.5, 0.6) is 0 Å². The van der Waals surface area contributed by atoms with Crippen molar-refractivity contribution in [2.24, 2.45) is 11.8 Å². The van der Waals surface area contributed by atoms with Gasteiger partial charge in [0.1, 0.15) is 0 Å². The van der Waals surface area contributed by atoms with Crippen LogP contribution in [-0.4, -0.2) is 37.5 Å². The van der Waals surface area contributed by atoms with Crippen LogP contribution in [-0.2, 0) is 51.9 Å². The maximum atomic E-state index is 11.9. The summed E-state index contributed by atoms with van der Waals surface area (Å²) in [5.74, 6) is -1.95. The van der Waals surface area contributed by atoms with Gasteiger partial charge in [0, 0.05) is 0 Å². The number of hydrogen-bond acceptors (Lipinski definition) is 12. The van der Waals surface area contributed by atoms with Crippen LogP contribution in [0.1, 0.15) is 71.4 Å². The van der Waals surface area contributed by atoms with Gasteiger partial charge in [-0.15, -0.1) is 0 Å². The second kappa shape index (κ2) is 16.1. The summed E-state index contributed by atoms with van der Waals surface area (Å²) in [5, 5.41) is 8.49.